The lowest BCUT2D eigenvalue weighted by Gasteiger charge is -2.31. The molecule has 1 atom stereocenters. The third-order valence-electron chi connectivity index (χ3n) is 3.26. The molecule has 19 heavy (non-hydrogen) atoms. The molecule has 3 heteroatoms. The number of carbonyl (C=O) groups excluding carboxylic acids is 1. The van der Waals surface area contributed by atoms with Crippen LogP contribution < -0.4 is 10.9 Å². The van der Waals surface area contributed by atoms with Crippen LogP contribution in [0.4, 0.5) is 0 Å². The normalized spacial score (nSPS) is 13.1. The summed E-state index contributed by atoms with van der Waals surface area (Å²) in [4.78, 5) is 12.1. The van der Waals surface area contributed by atoms with Crippen LogP contribution in [0, 0.1) is 12.3 Å². The van der Waals surface area contributed by atoms with Gasteiger partial charge in [0.1, 0.15) is 0 Å². The Balaban J connectivity index is 2.62. The van der Waals surface area contributed by atoms with Crippen LogP contribution in [0.25, 0.3) is 0 Å². The summed E-state index contributed by atoms with van der Waals surface area (Å²) in [5, 5.41) is 0. The van der Waals surface area contributed by atoms with Gasteiger partial charge in [-0.1, -0.05) is 51.8 Å². The van der Waals surface area contributed by atoms with Gasteiger partial charge in [0.15, 0.2) is 0 Å². The highest BCUT2D eigenvalue weighted by molar-refractivity contribution is 5.93. The van der Waals surface area contributed by atoms with E-state index in [0.717, 1.165) is 18.4 Å². The van der Waals surface area contributed by atoms with E-state index in [1.165, 1.54) is 0 Å². The van der Waals surface area contributed by atoms with Crippen LogP contribution in [0.5, 0.6) is 0 Å². The minimum Gasteiger partial charge on any atom is -0.287 e. The molecule has 2 N–H and O–H groups in total. The van der Waals surface area contributed by atoms with Crippen LogP contribution in [0.3, 0.4) is 0 Å². The van der Waals surface area contributed by atoms with Gasteiger partial charge in [-0.3, -0.25) is 10.2 Å². The Morgan fingerprint density at radius 2 is 2.00 bits per heavy atom. The molecule has 1 rings (SSSR count). The average Bonchev–Trinajstić information content (AvgIpc) is 2.32. The molecule has 1 unspecified atom stereocenters. The van der Waals surface area contributed by atoms with Crippen molar-refractivity contribution >= 4 is 5.91 Å². The molecule has 0 radical (unpaired) electrons. The number of rotatable bonds is 5. The van der Waals surface area contributed by atoms with Gasteiger partial charge in [0.25, 0.3) is 5.91 Å². The molecule has 106 valence electrons. The van der Waals surface area contributed by atoms with Crippen LogP contribution in [0.15, 0.2) is 24.3 Å². The number of carbonyl (C=O) groups is 1. The fourth-order valence-electron chi connectivity index (χ4n) is 2.02. The minimum absolute atomic E-state index is 0.0750. The van der Waals surface area contributed by atoms with Gasteiger partial charge in [-0.15, -0.1) is 0 Å². The second-order valence-electron chi connectivity index (χ2n) is 6.18. The minimum atomic E-state index is -0.0750. The van der Waals surface area contributed by atoms with Crippen LogP contribution >= 0.6 is 0 Å². The van der Waals surface area contributed by atoms with Gasteiger partial charge in [0.2, 0.25) is 0 Å². The highest BCUT2D eigenvalue weighted by Gasteiger charge is 2.24. The molecule has 0 bridgehead atoms. The summed E-state index contributed by atoms with van der Waals surface area (Å²) < 4.78 is 0. The van der Waals surface area contributed by atoms with Crippen molar-refractivity contribution in [3.05, 3.63) is 35.4 Å². The van der Waals surface area contributed by atoms with Gasteiger partial charge >= 0.3 is 0 Å². The number of hydrogen-bond acceptors (Lipinski definition) is 2. The summed E-state index contributed by atoms with van der Waals surface area (Å²) in [6.07, 6.45) is 2.13. The SMILES string of the molecule is CCCC(NNC(=O)c1cccc(C)c1)C(C)(C)C. The van der Waals surface area contributed by atoms with E-state index >= 15 is 0 Å². The fraction of sp³-hybridized carbons (Fsp3) is 0.562. The van der Waals surface area contributed by atoms with Crippen molar-refractivity contribution in [3.63, 3.8) is 0 Å². The summed E-state index contributed by atoms with van der Waals surface area (Å²) in [5.74, 6) is -0.0750. The summed E-state index contributed by atoms with van der Waals surface area (Å²) in [7, 11) is 0. The first-order chi connectivity index (χ1) is 8.84. The van der Waals surface area contributed by atoms with Crippen LogP contribution in [0.2, 0.25) is 0 Å². The van der Waals surface area contributed by atoms with E-state index in [2.05, 4.69) is 38.5 Å². The third-order valence-corrected chi connectivity index (χ3v) is 3.26. The molecule has 0 saturated heterocycles. The maximum atomic E-state index is 12.1. The molecule has 0 aliphatic heterocycles. The molecule has 0 heterocycles. The molecular formula is C16H26N2O. The van der Waals surface area contributed by atoms with Crippen molar-refractivity contribution in [1.82, 2.24) is 10.9 Å². The number of aryl methyl sites for hydroxylation is 1. The van der Waals surface area contributed by atoms with Crippen molar-refractivity contribution in [2.24, 2.45) is 5.41 Å². The van der Waals surface area contributed by atoms with Gasteiger partial charge in [-0.05, 0) is 30.9 Å². The van der Waals surface area contributed by atoms with E-state index in [4.69, 9.17) is 0 Å². The first-order valence-corrected chi connectivity index (χ1v) is 6.97. The zero-order valence-electron chi connectivity index (χ0n) is 12.7. The van der Waals surface area contributed by atoms with E-state index < -0.39 is 0 Å². The summed E-state index contributed by atoms with van der Waals surface area (Å²) in [6.45, 7) is 10.7. The first-order valence-electron chi connectivity index (χ1n) is 6.97. The second-order valence-corrected chi connectivity index (χ2v) is 6.18. The number of hydrogen-bond donors (Lipinski definition) is 2. The lowest BCUT2D eigenvalue weighted by Crippen LogP contribution is -2.50. The van der Waals surface area contributed by atoms with Crippen molar-refractivity contribution in [1.29, 1.82) is 0 Å². The van der Waals surface area contributed by atoms with Gasteiger partial charge in [-0.25, -0.2) is 5.43 Å². The standard InChI is InChI=1S/C16H26N2O/c1-6-8-14(16(3,4)5)17-18-15(19)13-10-7-9-12(2)11-13/h7,9-11,14,17H,6,8H2,1-5H3,(H,18,19). The molecule has 0 spiro atoms. The Hall–Kier alpha value is -1.35. The maximum absolute atomic E-state index is 12.1. The number of nitrogens with one attached hydrogen (secondary N) is 2. The molecule has 0 aliphatic rings. The molecule has 3 nitrogen and oxygen atoms in total. The van der Waals surface area contributed by atoms with Gasteiger partial charge in [0.05, 0.1) is 0 Å². The lowest BCUT2D eigenvalue weighted by atomic mass is 9.84. The average molecular weight is 262 g/mol. The summed E-state index contributed by atoms with van der Waals surface area (Å²) in [5.41, 5.74) is 7.91. The first kappa shape index (κ1) is 15.7. The fourth-order valence-corrected chi connectivity index (χ4v) is 2.02. The van der Waals surface area contributed by atoms with Crippen molar-refractivity contribution in [2.45, 2.75) is 53.5 Å². The predicted molar refractivity (Wildman–Crippen MR) is 79.9 cm³/mol. The largest absolute Gasteiger partial charge is 0.287 e. The number of benzene rings is 1. The molecule has 1 aromatic carbocycles. The van der Waals surface area contributed by atoms with Crippen LogP contribution in [-0.2, 0) is 0 Å². The molecule has 1 aromatic rings. The molecule has 0 aliphatic carbocycles. The molecular weight excluding hydrogens is 236 g/mol. The lowest BCUT2D eigenvalue weighted by molar-refractivity contribution is 0.0904. The van der Waals surface area contributed by atoms with E-state index in [1.54, 1.807) is 0 Å². The Bertz CT molecular complexity index is 421. The third kappa shape index (κ3) is 5.03. The molecule has 1 amide bonds. The second kappa shape index (κ2) is 6.71. The zero-order chi connectivity index (χ0) is 14.5. The summed E-state index contributed by atoms with van der Waals surface area (Å²) >= 11 is 0. The monoisotopic (exact) mass is 262 g/mol. The Morgan fingerprint density at radius 1 is 1.32 bits per heavy atom. The number of hydrazine groups is 1. The highest BCUT2D eigenvalue weighted by atomic mass is 16.2. The summed E-state index contributed by atoms with van der Waals surface area (Å²) in [6, 6.07) is 7.88. The quantitative estimate of drug-likeness (QED) is 0.798. The van der Waals surface area contributed by atoms with E-state index in [-0.39, 0.29) is 17.4 Å². The highest BCUT2D eigenvalue weighted by Crippen LogP contribution is 2.22. The Labute approximate surface area is 116 Å². The smallest absolute Gasteiger partial charge is 0.265 e. The van der Waals surface area contributed by atoms with Crippen molar-refractivity contribution in [3.8, 4) is 0 Å². The van der Waals surface area contributed by atoms with Crippen molar-refractivity contribution in [2.75, 3.05) is 0 Å². The molecule has 0 aromatic heterocycles. The van der Waals surface area contributed by atoms with Crippen LogP contribution in [0.1, 0.15) is 56.5 Å². The van der Waals surface area contributed by atoms with E-state index in [1.807, 2.05) is 31.2 Å². The topological polar surface area (TPSA) is 41.1 Å². The maximum Gasteiger partial charge on any atom is 0.265 e. The van der Waals surface area contributed by atoms with Gasteiger partial charge in [-0.2, -0.15) is 0 Å². The van der Waals surface area contributed by atoms with E-state index in [9.17, 15) is 4.79 Å². The Morgan fingerprint density at radius 3 is 2.53 bits per heavy atom. The van der Waals surface area contributed by atoms with E-state index in [0.29, 0.717) is 5.56 Å². The molecule has 0 saturated carbocycles. The zero-order valence-corrected chi connectivity index (χ0v) is 12.7. The predicted octanol–water partition coefficient (Wildman–Crippen LogP) is 3.44. The molecule has 0 fully saturated rings. The Kier molecular flexibility index (Phi) is 5.55. The van der Waals surface area contributed by atoms with Gasteiger partial charge in [0, 0.05) is 11.6 Å². The van der Waals surface area contributed by atoms with Crippen molar-refractivity contribution < 1.29 is 4.79 Å². The number of amides is 1. The van der Waals surface area contributed by atoms with Gasteiger partial charge < -0.3 is 0 Å². The van der Waals surface area contributed by atoms with Crippen LogP contribution in [-0.4, -0.2) is 11.9 Å².